The fourth-order valence-corrected chi connectivity index (χ4v) is 14.0. The number of anilines is 2. The molecule has 0 spiro atoms. The number of fused-ring (bicyclic) bond motifs is 4. The Morgan fingerprint density at radius 3 is 2.44 bits per heavy atom. The fourth-order valence-electron chi connectivity index (χ4n) is 13.2. The van der Waals surface area contributed by atoms with Crippen molar-refractivity contribution in [3.8, 4) is 33.5 Å². The number of benzene rings is 3. The number of hydrogen-bond donors (Lipinski definition) is 4. The number of aliphatic hydroxyl groups excluding tert-OH is 1. The van der Waals surface area contributed by atoms with Gasteiger partial charge >= 0.3 is 6.01 Å². The fraction of sp³-hybridized carbons (Fsp3) is 0.492. The molecule has 6 atom stereocenters. The lowest BCUT2D eigenvalue weighted by atomic mass is 9.91. The quantitative estimate of drug-likeness (QED) is 0.0674. The summed E-state index contributed by atoms with van der Waals surface area (Å²) in [6.45, 7) is 16.5. The maximum Gasteiger partial charge on any atom is 0.319 e. The van der Waals surface area contributed by atoms with Crippen LogP contribution in [0, 0.1) is 30.5 Å². The number of halogens is 1. The highest BCUT2D eigenvalue weighted by molar-refractivity contribution is 7.13. The Balaban J connectivity index is 0.640. The summed E-state index contributed by atoms with van der Waals surface area (Å²) in [5.74, 6) is 0.845. The van der Waals surface area contributed by atoms with Gasteiger partial charge in [0.05, 0.1) is 40.2 Å². The molecule has 80 heavy (non-hydrogen) atoms. The molecule has 5 fully saturated rings. The van der Waals surface area contributed by atoms with Gasteiger partial charge in [0.1, 0.15) is 34.7 Å². The first-order valence-corrected chi connectivity index (χ1v) is 29.6. The number of pyridine rings is 1. The number of nitrogens with zero attached hydrogens (tertiary/aromatic N) is 9. The zero-order valence-corrected chi connectivity index (χ0v) is 47.1. The van der Waals surface area contributed by atoms with Crippen molar-refractivity contribution >= 4 is 56.5 Å². The van der Waals surface area contributed by atoms with E-state index in [0.717, 1.165) is 122 Å². The van der Waals surface area contributed by atoms with Crippen molar-refractivity contribution in [1.29, 1.82) is 0 Å². The summed E-state index contributed by atoms with van der Waals surface area (Å²) in [4.78, 5) is 56.6. The minimum Gasteiger partial charge on any atom is -0.508 e. The van der Waals surface area contributed by atoms with Crippen LogP contribution in [-0.4, -0.2) is 140 Å². The van der Waals surface area contributed by atoms with Gasteiger partial charge < -0.3 is 49.7 Å². The van der Waals surface area contributed by atoms with Crippen molar-refractivity contribution in [2.45, 2.75) is 116 Å². The smallest absolute Gasteiger partial charge is 0.319 e. The predicted molar refractivity (Wildman–Crippen MR) is 307 cm³/mol. The number of phenolic OH excluding ortho intramolecular Hbond substituents is 1. The van der Waals surface area contributed by atoms with Crippen LogP contribution in [0.5, 0.6) is 11.8 Å². The van der Waals surface area contributed by atoms with Crippen molar-refractivity contribution in [3.63, 3.8) is 0 Å². The highest BCUT2D eigenvalue weighted by atomic mass is 32.1. The zero-order valence-electron chi connectivity index (χ0n) is 46.3. The van der Waals surface area contributed by atoms with E-state index in [1.165, 1.54) is 4.90 Å². The first kappa shape index (κ1) is 53.8. The molecule has 2 unspecified atom stereocenters. The van der Waals surface area contributed by atoms with Crippen molar-refractivity contribution in [2.24, 2.45) is 17.8 Å². The number of aromatic hydroxyl groups is 1. The minimum absolute atomic E-state index is 0.0455. The Morgan fingerprint density at radius 1 is 0.938 bits per heavy atom. The van der Waals surface area contributed by atoms with Gasteiger partial charge in [-0.2, -0.15) is 9.97 Å². The number of hydrogen-bond acceptors (Lipinski definition) is 16. The molecule has 19 heteroatoms. The number of thiazole rings is 1. The number of piperidine rings is 1. The third-order valence-electron chi connectivity index (χ3n) is 17.5. The van der Waals surface area contributed by atoms with Crippen LogP contribution < -0.4 is 25.2 Å². The van der Waals surface area contributed by atoms with Crippen molar-refractivity contribution in [1.82, 2.24) is 45.5 Å². The summed E-state index contributed by atoms with van der Waals surface area (Å²) in [5, 5.41) is 35.0. The molecule has 4 N–H and O–H groups in total. The number of ether oxygens (including phenoxy) is 1. The molecule has 4 aromatic heterocycles. The topological polar surface area (TPSA) is 198 Å². The number of carbonyl (C=O) groups is 2. The van der Waals surface area contributed by atoms with E-state index in [9.17, 15) is 19.8 Å². The molecule has 2 bridgehead atoms. The molecule has 7 aromatic rings. The molecule has 0 saturated carbocycles. The zero-order chi connectivity index (χ0) is 55.3. The average molecular weight is 1110 g/mol. The summed E-state index contributed by atoms with van der Waals surface area (Å²) in [6, 6.07) is 18.9. The lowest BCUT2D eigenvalue weighted by Crippen LogP contribution is -2.52. The van der Waals surface area contributed by atoms with E-state index >= 15 is 4.39 Å². The largest absolute Gasteiger partial charge is 0.508 e. The van der Waals surface area contributed by atoms with Crippen LogP contribution in [0.3, 0.4) is 0 Å². The van der Waals surface area contributed by atoms with Gasteiger partial charge in [0.25, 0.3) is 0 Å². The maximum absolute atomic E-state index is 17.1. The van der Waals surface area contributed by atoms with Gasteiger partial charge in [-0.1, -0.05) is 68.4 Å². The number of likely N-dealkylation sites (tertiary alicyclic amines) is 2. The molecule has 17 nitrogen and oxygen atoms in total. The van der Waals surface area contributed by atoms with E-state index in [-0.39, 0.29) is 59.7 Å². The molecule has 420 valence electrons. The summed E-state index contributed by atoms with van der Waals surface area (Å²) in [5.41, 5.74) is 6.70. The molecule has 5 saturated heterocycles. The SMILES string of the molecule is CCc1cccc2cc(O)cc(-c3ncc4c(N5CC6CCC(C5)N6)nc(OCCC5CCN(CC6CN(c7cc([C@@H](C(=O)N8C[C@H](O)C[C@H]8C(=O)N[C@@H](C)c8ccc(-c9scnc9C)cc8)C(C)C)on7)C6)CC5)nc4c3F)c12. The summed E-state index contributed by atoms with van der Waals surface area (Å²) in [7, 11) is 0. The van der Waals surface area contributed by atoms with Crippen molar-refractivity contribution < 1.29 is 33.5 Å². The first-order chi connectivity index (χ1) is 38.7. The van der Waals surface area contributed by atoms with Gasteiger partial charge in [-0.15, -0.1) is 11.3 Å². The maximum atomic E-state index is 17.1. The first-order valence-electron chi connectivity index (χ1n) is 28.7. The summed E-state index contributed by atoms with van der Waals surface area (Å²) in [6.07, 6.45) is 6.87. The third kappa shape index (κ3) is 10.8. The number of nitrogens with one attached hydrogen (secondary N) is 2. The molecule has 3 aromatic carbocycles. The average Bonchev–Trinajstić information content (AvgIpc) is 4.30. The van der Waals surface area contributed by atoms with Crippen LogP contribution in [-0.2, 0) is 16.0 Å². The van der Waals surface area contributed by atoms with Gasteiger partial charge in [-0.25, -0.2) is 9.37 Å². The number of aromatic nitrogens is 5. The third-order valence-corrected chi connectivity index (χ3v) is 18.5. The summed E-state index contributed by atoms with van der Waals surface area (Å²) >= 11 is 1.59. The number of piperazine rings is 1. The Hall–Kier alpha value is -6.80. The lowest BCUT2D eigenvalue weighted by Gasteiger charge is -2.43. The standard InChI is InChI=1S/C61H72FN11O6S/c1-6-39-8-7-9-42-22-45(74)23-47(53(39)42)55-54(62)56-48(26-63-55)58(72-30-43-14-15-44(31-72)66-43)68-61(67-56)78-21-18-37-16-19-70(20-17-37)27-38-28-71(29-38)51-25-50(79-69-51)52(34(2)3)60(77)73-32-46(75)24-49(73)59(76)65-35(4)40-10-12-41(13-11-40)57-36(5)64-33-80-57/h7-13,22-23,25-26,33-35,37-38,43-44,46,49,52,66,74-75H,6,14-21,24,27-32H2,1-5H3,(H,65,76)/t35-,43?,44?,46+,49-,52-/m0/s1. The lowest BCUT2D eigenvalue weighted by molar-refractivity contribution is -0.141. The predicted octanol–water partition coefficient (Wildman–Crippen LogP) is 8.81. The van der Waals surface area contributed by atoms with Gasteiger partial charge in [0.15, 0.2) is 17.4 Å². The van der Waals surface area contributed by atoms with E-state index in [2.05, 4.69) is 42.4 Å². The van der Waals surface area contributed by atoms with Gasteiger partial charge in [0, 0.05) is 81.5 Å². The number of phenols is 1. The van der Waals surface area contributed by atoms with E-state index in [1.54, 1.807) is 29.7 Å². The summed E-state index contributed by atoms with van der Waals surface area (Å²) < 4.78 is 29.4. The highest BCUT2D eigenvalue weighted by Gasteiger charge is 2.44. The van der Waals surface area contributed by atoms with Gasteiger partial charge in [0.2, 0.25) is 11.8 Å². The van der Waals surface area contributed by atoms with Crippen LogP contribution in [0.1, 0.15) is 101 Å². The minimum atomic E-state index is -0.817. The number of aryl methyl sites for hydroxylation is 2. The molecular formula is C61H72FN11O6S. The Kier molecular flexibility index (Phi) is 15.2. The molecule has 2 amide bonds. The Labute approximate surface area is 469 Å². The van der Waals surface area contributed by atoms with Crippen LogP contribution in [0.25, 0.3) is 43.4 Å². The molecule has 9 heterocycles. The number of aliphatic hydroxyl groups is 1. The second-order valence-electron chi connectivity index (χ2n) is 23.4. The Bertz CT molecular complexity index is 3380. The molecule has 5 aliphatic rings. The van der Waals surface area contributed by atoms with Crippen LogP contribution >= 0.6 is 11.3 Å². The van der Waals surface area contributed by atoms with Crippen LogP contribution in [0.2, 0.25) is 0 Å². The van der Waals surface area contributed by atoms with Gasteiger partial charge in [-0.3, -0.25) is 14.6 Å². The molecule has 5 aliphatic heterocycles. The van der Waals surface area contributed by atoms with Crippen molar-refractivity contribution in [3.05, 3.63) is 101 Å². The number of β-amino-alcohol motifs (C(OH)–C–C–N with tert-alkyl or cyclic N) is 1. The van der Waals surface area contributed by atoms with Crippen molar-refractivity contribution in [2.75, 3.05) is 68.8 Å². The van der Waals surface area contributed by atoms with E-state index < -0.39 is 23.9 Å². The van der Waals surface area contributed by atoms with E-state index in [0.29, 0.717) is 58.9 Å². The van der Waals surface area contributed by atoms with Gasteiger partial charge in [-0.05, 0) is 117 Å². The van der Waals surface area contributed by atoms with E-state index in [1.807, 2.05) is 81.7 Å². The molecular weight excluding hydrogens is 1030 g/mol. The number of carbonyl (C=O) groups excluding carboxylic acids is 2. The highest BCUT2D eigenvalue weighted by Crippen LogP contribution is 2.40. The van der Waals surface area contributed by atoms with E-state index in [4.69, 9.17) is 24.2 Å². The second kappa shape index (κ2) is 22.6. The van der Waals surface area contributed by atoms with Crippen LogP contribution in [0.15, 0.2) is 76.9 Å². The number of rotatable bonds is 17. The normalized spacial score (nSPS) is 21.7. The Morgan fingerprint density at radius 2 is 1.71 bits per heavy atom. The molecule has 0 radical (unpaired) electrons. The second-order valence-corrected chi connectivity index (χ2v) is 24.2. The molecule has 12 rings (SSSR count). The number of amides is 2. The monoisotopic (exact) mass is 1110 g/mol. The molecule has 0 aliphatic carbocycles. The van der Waals surface area contributed by atoms with Crippen LogP contribution in [0.4, 0.5) is 16.0 Å².